The number of aryl methyl sites for hydroxylation is 4. The van der Waals surface area contributed by atoms with E-state index >= 15 is 0 Å². The predicted octanol–water partition coefficient (Wildman–Crippen LogP) is 17.6. The van der Waals surface area contributed by atoms with Crippen molar-refractivity contribution in [2.45, 2.75) is 215 Å². The highest BCUT2D eigenvalue weighted by Crippen LogP contribution is 2.36. The molecule has 2 aliphatic heterocycles. The highest BCUT2D eigenvalue weighted by Gasteiger charge is 2.46. The van der Waals surface area contributed by atoms with Crippen molar-refractivity contribution >= 4 is 104 Å². The van der Waals surface area contributed by atoms with Crippen molar-refractivity contribution in [1.29, 1.82) is 0 Å². The number of carboxylic acids is 1. The number of carbonyl (C=O) groups is 10. The van der Waals surface area contributed by atoms with E-state index in [2.05, 4.69) is 42.7 Å². The number of thiazole rings is 2. The molecule has 2 aliphatic rings. The molecule has 2 saturated heterocycles. The third-order valence-electron chi connectivity index (χ3n) is 23.7. The van der Waals surface area contributed by atoms with E-state index in [0.29, 0.717) is 110 Å². The number of amides is 4. The second-order valence-corrected chi connectivity index (χ2v) is 39.7. The molecular weight excluding hydrogens is 1850 g/mol. The summed E-state index contributed by atoms with van der Waals surface area (Å²) >= 11 is 15.4. The number of nitrogens with zero attached hydrogens (tertiary/aromatic N) is 6. The molecule has 28 nitrogen and oxygen atoms in total. The first-order valence-corrected chi connectivity index (χ1v) is 49.2. The van der Waals surface area contributed by atoms with E-state index in [1.807, 2.05) is 191 Å². The lowest BCUT2D eigenvalue weighted by molar-refractivity contribution is -0.144. The molecule has 4 aromatic heterocycles. The summed E-state index contributed by atoms with van der Waals surface area (Å²) in [6.45, 7) is 25.1. The van der Waals surface area contributed by atoms with E-state index in [1.54, 1.807) is 71.2 Å². The van der Waals surface area contributed by atoms with E-state index in [1.165, 1.54) is 22.2 Å². The lowest BCUT2D eigenvalue weighted by atomic mass is 9.85. The summed E-state index contributed by atoms with van der Waals surface area (Å²) in [5, 5.41) is 36.5. The van der Waals surface area contributed by atoms with Gasteiger partial charge in [0.15, 0.2) is 17.3 Å². The highest BCUT2D eigenvalue weighted by atomic mass is 35.5. The molecule has 0 unspecified atom stereocenters. The molecule has 0 spiro atoms. The van der Waals surface area contributed by atoms with Gasteiger partial charge in [-0.25, -0.2) is 9.97 Å². The molecule has 6 aromatic carbocycles. The van der Waals surface area contributed by atoms with Crippen LogP contribution in [0.3, 0.4) is 0 Å². The molecule has 4 amide bonds. The van der Waals surface area contributed by atoms with Crippen molar-refractivity contribution in [2.24, 2.45) is 16.6 Å². The minimum absolute atomic E-state index is 0.00647. The Balaban J connectivity index is 0.000000239. The highest BCUT2D eigenvalue weighted by molar-refractivity contribution is 7.13. The maximum absolute atomic E-state index is 14.0. The van der Waals surface area contributed by atoms with E-state index in [-0.39, 0.29) is 142 Å². The number of ketones is 5. The van der Waals surface area contributed by atoms with Crippen LogP contribution in [0.1, 0.15) is 202 Å². The van der Waals surface area contributed by atoms with Crippen molar-refractivity contribution in [3.8, 4) is 43.9 Å². The second-order valence-electron chi connectivity index (χ2n) is 37.2. The number of likely N-dealkylation sites (tertiary alicyclic amines) is 2. The van der Waals surface area contributed by atoms with Crippen LogP contribution in [0.25, 0.3) is 20.9 Å². The number of nitrogens with one attached hydrogen (secondary N) is 2. The number of halogens is 2. The molecule has 740 valence electrons. The summed E-state index contributed by atoms with van der Waals surface area (Å²) in [5.41, 5.74) is 20.9. The first-order valence-electron chi connectivity index (χ1n) is 46.7. The fraction of sp³-hybridized carbons (Fsp3) is 0.421. The molecular formula is C107H127Cl2N9O19S2. The van der Waals surface area contributed by atoms with Crippen LogP contribution in [0.2, 0.25) is 10.0 Å². The molecule has 8 atom stereocenters. The minimum Gasteiger partial charge on any atom is -0.481 e. The van der Waals surface area contributed by atoms with Crippen molar-refractivity contribution in [3.05, 3.63) is 258 Å². The Hall–Kier alpha value is -11.5. The number of rotatable bonds is 46. The zero-order valence-corrected chi connectivity index (χ0v) is 84.1. The Morgan fingerprint density at radius 3 is 1.32 bits per heavy atom. The van der Waals surface area contributed by atoms with Crippen LogP contribution in [0.4, 0.5) is 0 Å². The van der Waals surface area contributed by atoms with Gasteiger partial charge in [-0.15, -0.1) is 22.7 Å². The number of nitrogens with two attached hydrogens (primary N) is 1. The van der Waals surface area contributed by atoms with Crippen LogP contribution in [-0.2, 0) is 83.0 Å². The number of benzene rings is 6. The first-order chi connectivity index (χ1) is 66.2. The van der Waals surface area contributed by atoms with Gasteiger partial charge < -0.3 is 69.9 Å². The standard InChI is InChI=1S/C53H62ClN5O9S.C30H32ClNO7.C24H33N3O3S/c1-33-26-37(11-18-44(33)54)28-40(60)27-36-9-16-42(17-10-36)68-43-19-21-55-45(30-43)47(62)8-7-22-66-24-25-67-23-20-48(63)58-50(53(4,5)6)52(65)59-31-41(61)29-46(59)51(64)57-34(2)38-12-14-39(15-13-38)49-35(3)56-32-69-49;1-21-17-23(6-9-27(21)31)19-24(33)18-22-4-7-25(8-5-22)39-26-10-12-32-28(20-26)29(34)3-2-13-37-15-16-38-14-11-30(35)36;1-14(16-6-8-17(9-7-16)21-15(2)26-13-31-21)10-20(29)19-11-18(28)12-27(19)23(30)22(25)24(3,4)5/h9-19,21,26,30,32,34,41,46,50,61H,7-8,20,22-25,27-29,31H2,1-6H3,(H,57,64)(H,58,63);4-10,12,17,20H,2-3,11,13-16,18-19H2,1H3,(H,35,36);6-9,13-14,18-19,22,28H,10-12,25H2,1-5H3/t34-,41-,46+,50+;;14-,18+,19-,22-/m0.1/s1. The van der Waals surface area contributed by atoms with E-state index in [0.717, 1.165) is 76.8 Å². The number of hydrogen-bond donors (Lipinski definition) is 6. The fourth-order valence-corrected chi connectivity index (χ4v) is 17.6. The topological polar surface area (TPSA) is 395 Å². The van der Waals surface area contributed by atoms with Crippen LogP contribution in [0.5, 0.6) is 23.0 Å². The Bertz CT molecular complexity index is 5810. The van der Waals surface area contributed by atoms with Crippen molar-refractivity contribution in [2.75, 3.05) is 65.9 Å². The molecule has 0 radical (unpaired) electrons. The zero-order valence-electron chi connectivity index (χ0n) is 80.9. The van der Waals surface area contributed by atoms with Gasteiger partial charge in [-0.2, -0.15) is 0 Å². The summed E-state index contributed by atoms with van der Waals surface area (Å²) in [6.07, 6.45) is 4.85. The van der Waals surface area contributed by atoms with E-state index in [4.69, 9.17) is 62.5 Å². The van der Waals surface area contributed by atoms with Crippen LogP contribution in [0, 0.1) is 38.5 Å². The summed E-state index contributed by atoms with van der Waals surface area (Å²) in [5.74, 6) is -0.365. The van der Waals surface area contributed by atoms with Crippen LogP contribution >= 0.6 is 45.9 Å². The van der Waals surface area contributed by atoms with Gasteiger partial charge >= 0.3 is 5.97 Å². The third kappa shape index (κ3) is 34.5. The average molecular weight is 1980 g/mol. The Labute approximate surface area is 830 Å². The molecule has 10 aromatic rings. The Morgan fingerprint density at radius 2 is 0.892 bits per heavy atom. The number of Topliss-reactive ketones (excluding diaryl/α,β-unsaturated/α-hetero) is 5. The summed E-state index contributed by atoms with van der Waals surface area (Å²) in [4.78, 5) is 150. The molecule has 0 bridgehead atoms. The van der Waals surface area contributed by atoms with E-state index < -0.39 is 59.1 Å². The van der Waals surface area contributed by atoms with Gasteiger partial charge in [-0.1, -0.05) is 169 Å². The quantitative estimate of drug-likeness (QED) is 0.0152. The fourth-order valence-electron chi connectivity index (χ4n) is 15.7. The van der Waals surface area contributed by atoms with Gasteiger partial charge in [0, 0.05) is 125 Å². The van der Waals surface area contributed by atoms with Gasteiger partial charge in [0.2, 0.25) is 23.6 Å². The number of aromatic nitrogens is 4. The predicted molar refractivity (Wildman–Crippen MR) is 536 cm³/mol. The zero-order chi connectivity index (χ0) is 101. The molecule has 0 saturated carbocycles. The number of carbonyl (C=O) groups excluding carboxylic acids is 9. The number of aliphatic hydroxyl groups excluding tert-OH is 2. The van der Waals surface area contributed by atoms with Crippen molar-refractivity contribution in [1.82, 2.24) is 40.4 Å². The summed E-state index contributed by atoms with van der Waals surface area (Å²) in [7, 11) is 0. The smallest absolute Gasteiger partial charge is 0.305 e. The normalized spacial score (nSPS) is 15.5. The number of pyridine rings is 2. The van der Waals surface area contributed by atoms with Gasteiger partial charge in [0.05, 0.1) is 109 Å². The molecule has 139 heavy (non-hydrogen) atoms. The van der Waals surface area contributed by atoms with Gasteiger partial charge in [0.25, 0.3) is 0 Å². The number of β-amino-alcohol motifs (C(OH)–C–C–N with tert-alkyl or cyclic N) is 2. The van der Waals surface area contributed by atoms with Crippen LogP contribution in [0.15, 0.2) is 181 Å². The van der Waals surface area contributed by atoms with Gasteiger partial charge in [-0.05, 0) is 168 Å². The lowest BCUT2D eigenvalue weighted by Gasteiger charge is -2.35. The van der Waals surface area contributed by atoms with E-state index in [9.17, 15) is 58.2 Å². The number of aliphatic carboxylic acids is 1. The Kier molecular flexibility index (Phi) is 41.9. The first kappa shape index (κ1) is 109. The van der Waals surface area contributed by atoms with Gasteiger partial charge in [-0.3, -0.25) is 57.9 Å². The van der Waals surface area contributed by atoms with Crippen LogP contribution < -0.4 is 25.8 Å². The molecule has 7 N–H and O–H groups in total. The third-order valence-corrected chi connectivity index (χ3v) is 26.5. The maximum Gasteiger partial charge on any atom is 0.305 e. The molecule has 12 rings (SSSR count). The molecule has 32 heteroatoms. The molecule has 0 aliphatic carbocycles. The number of hydrogen-bond acceptors (Lipinski definition) is 25. The Morgan fingerprint density at radius 1 is 0.475 bits per heavy atom. The summed E-state index contributed by atoms with van der Waals surface area (Å²) < 4.78 is 33.7. The maximum atomic E-state index is 14.0. The van der Waals surface area contributed by atoms with Crippen LogP contribution in [-0.4, -0.2) is 206 Å². The number of ether oxygens (including phenoxy) is 6. The molecule has 2 fully saturated rings. The monoisotopic (exact) mass is 1980 g/mol. The average Bonchev–Trinajstić information content (AvgIpc) is 1.67. The number of carboxylic acid groups (broad SMARTS) is 1. The summed E-state index contributed by atoms with van der Waals surface area (Å²) in [6, 6.07) is 44.9. The van der Waals surface area contributed by atoms with Crippen molar-refractivity contribution in [3.63, 3.8) is 0 Å². The van der Waals surface area contributed by atoms with Gasteiger partial charge in [0.1, 0.15) is 58.0 Å². The second kappa shape index (κ2) is 53.2. The SMILES string of the molecule is Cc1cc(CC(=O)Cc2ccc(Oc3ccnc(C(=O)CCCOCCOCCC(=O)N[C@H](C(=O)N4C[C@@H](O)C[C@@H]4C(=O)N[C@@H](C)c4ccc(-c5scnc5C)cc4)C(C)(C)C)c3)cc2)ccc1Cl.Cc1cc(CC(=O)Cc2ccc(Oc3ccnc(C(=O)CCCOCCOCCC(=O)O)c3)cc2)ccc1Cl.Cc1ncsc1-c1ccc([C@H](C)CC(=O)[C@H]2C[C@H](O)CN2C(=O)[C@@H](N)C(C)(C)C)cc1. The largest absolute Gasteiger partial charge is 0.481 e. The molecule has 6 heterocycles. The lowest BCUT2D eigenvalue weighted by Crippen LogP contribution is -2.58. The minimum atomic E-state index is -0.958. The number of aliphatic hydroxyl groups is 2. The van der Waals surface area contributed by atoms with Crippen molar-refractivity contribution < 1.29 is 91.7 Å².